The van der Waals surface area contributed by atoms with Crippen molar-refractivity contribution in [2.75, 3.05) is 6.54 Å². The number of benzene rings is 2. The van der Waals surface area contributed by atoms with E-state index in [1.807, 2.05) is 42.5 Å². The van der Waals surface area contributed by atoms with E-state index < -0.39 is 0 Å². The average molecular weight is 380 g/mol. The Bertz CT molecular complexity index is 608. The average Bonchev–Trinajstić information content (AvgIpc) is 2.61. The minimum atomic E-state index is 0.454. The lowest BCUT2D eigenvalue weighted by Crippen LogP contribution is -2.14. The summed E-state index contributed by atoms with van der Waals surface area (Å²) in [5, 5.41) is 4.57. The standard InChI is InChI=1S/C21H27Cl2NO/c1-2-3-4-5-9-12-24-15-18-13-19(22)21(20(23)14-18)25-16-17-10-7-6-8-11-17/h6-8,10-11,13-14,24H,2-5,9,12,15-16H2,1H3. The summed E-state index contributed by atoms with van der Waals surface area (Å²) in [7, 11) is 0. The van der Waals surface area contributed by atoms with Crippen molar-refractivity contribution in [3.8, 4) is 5.75 Å². The normalized spacial score (nSPS) is 10.8. The van der Waals surface area contributed by atoms with Crippen molar-refractivity contribution in [2.24, 2.45) is 0 Å². The lowest BCUT2D eigenvalue weighted by Gasteiger charge is -2.12. The van der Waals surface area contributed by atoms with Crippen LogP contribution in [0.15, 0.2) is 42.5 Å². The van der Waals surface area contributed by atoms with Gasteiger partial charge in [-0.05, 0) is 36.2 Å². The molecule has 0 amide bonds. The van der Waals surface area contributed by atoms with Crippen LogP contribution >= 0.6 is 23.2 Å². The van der Waals surface area contributed by atoms with Crippen molar-refractivity contribution in [1.29, 1.82) is 0 Å². The van der Waals surface area contributed by atoms with E-state index in [4.69, 9.17) is 27.9 Å². The molecule has 0 spiro atoms. The van der Waals surface area contributed by atoms with E-state index in [2.05, 4.69) is 12.2 Å². The molecule has 0 aliphatic rings. The molecule has 0 atom stereocenters. The quantitative estimate of drug-likeness (QED) is 0.442. The van der Waals surface area contributed by atoms with Crippen molar-refractivity contribution in [2.45, 2.75) is 52.2 Å². The molecule has 0 saturated heterocycles. The Morgan fingerprint density at radius 3 is 2.24 bits per heavy atom. The second kappa shape index (κ2) is 11.4. The fraction of sp³-hybridized carbons (Fsp3) is 0.429. The summed E-state index contributed by atoms with van der Waals surface area (Å²) in [6.07, 6.45) is 6.43. The van der Waals surface area contributed by atoms with Crippen LogP contribution in [0, 0.1) is 0 Å². The highest BCUT2D eigenvalue weighted by Crippen LogP contribution is 2.34. The highest BCUT2D eigenvalue weighted by molar-refractivity contribution is 6.37. The summed E-state index contributed by atoms with van der Waals surface area (Å²) in [5.41, 5.74) is 2.17. The van der Waals surface area contributed by atoms with Gasteiger partial charge in [-0.1, -0.05) is 86.1 Å². The number of rotatable bonds is 11. The van der Waals surface area contributed by atoms with Gasteiger partial charge >= 0.3 is 0 Å². The summed E-state index contributed by atoms with van der Waals surface area (Å²) in [6.45, 7) is 4.48. The van der Waals surface area contributed by atoms with Gasteiger partial charge in [0.15, 0.2) is 5.75 Å². The van der Waals surface area contributed by atoms with Crippen molar-refractivity contribution in [3.63, 3.8) is 0 Å². The Kier molecular flexibility index (Phi) is 9.17. The smallest absolute Gasteiger partial charge is 0.156 e. The van der Waals surface area contributed by atoms with E-state index in [1.165, 1.54) is 32.1 Å². The minimum absolute atomic E-state index is 0.454. The lowest BCUT2D eigenvalue weighted by atomic mass is 10.1. The molecule has 2 aromatic carbocycles. The van der Waals surface area contributed by atoms with Crippen LogP contribution in [0.25, 0.3) is 0 Å². The van der Waals surface area contributed by atoms with Gasteiger partial charge in [0.25, 0.3) is 0 Å². The zero-order chi connectivity index (χ0) is 17.9. The van der Waals surface area contributed by atoms with Crippen LogP contribution in [-0.4, -0.2) is 6.54 Å². The van der Waals surface area contributed by atoms with E-state index in [1.54, 1.807) is 0 Å². The third kappa shape index (κ3) is 7.27. The second-order valence-corrected chi connectivity index (χ2v) is 7.07. The maximum atomic E-state index is 6.36. The lowest BCUT2D eigenvalue weighted by molar-refractivity contribution is 0.306. The summed E-state index contributed by atoms with van der Waals surface area (Å²) in [5.74, 6) is 0.551. The summed E-state index contributed by atoms with van der Waals surface area (Å²) in [4.78, 5) is 0. The first-order chi connectivity index (χ1) is 12.2. The number of nitrogens with one attached hydrogen (secondary N) is 1. The molecule has 0 aliphatic heterocycles. The van der Waals surface area contributed by atoms with Crippen molar-refractivity contribution in [1.82, 2.24) is 5.32 Å². The molecule has 0 heterocycles. The SMILES string of the molecule is CCCCCCCNCc1cc(Cl)c(OCc2ccccc2)c(Cl)c1. The molecule has 25 heavy (non-hydrogen) atoms. The van der Waals surface area contributed by atoms with E-state index in [-0.39, 0.29) is 0 Å². The monoisotopic (exact) mass is 379 g/mol. The molecule has 2 aromatic rings. The number of hydrogen-bond donors (Lipinski definition) is 1. The zero-order valence-electron chi connectivity index (χ0n) is 14.9. The molecule has 0 unspecified atom stereocenters. The molecule has 0 bridgehead atoms. The van der Waals surface area contributed by atoms with Crippen LogP contribution in [-0.2, 0) is 13.2 Å². The van der Waals surface area contributed by atoms with Crippen LogP contribution in [0.4, 0.5) is 0 Å². The Labute approximate surface area is 161 Å². The predicted octanol–water partition coefficient (Wildman–Crippen LogP) is 6.63. The van der Waals surface area contributed by atoms with E-state index in [9.17, 15) is 0 Å². The molecular formula is C21H27Cl2NO. The first kappa shape index (κ1) is 20.1. The van der Waals surface area contributed by atoms with Gasteiger partial charge in [-0.25, -0.2) is 0 Å². The number of unbranched alkanes of at least 4 members (excludes halogenated alkanes) is 4. The molecular weight excluding hydrogens is 353 g/mol. The van der Waals surface area contributed by atoms with Gasteiger partial charge in [0, 0.05) is 6.54 Å². The van der Waals surface area contributed by atoms with Gasteiger partial charge in [0.1, 0.15) is 6.61 Å². The fourth-order valence-electron chi connectivity index (χ4n) is 2.67. The number of ether oxygens (including phenoxy) is 1. The molecule has 4 heteroatoms. The van der Waals surface area contributed by atoms with Crippen LogP contribution in [0.1, 0.15) is 50.2 Å². The van der Waals surface area contributed by atoms with Crippen LogP contribution in [0.5, 0.6) is 5.75 Å². The minimum Gasteiger partial charge on any atom is -0.486 e. The Morgan fingerprint density at radius 2 is 1.56 bits per heavy atom. The van der Waals surface area contributed by atoms with Crippen LogP contribution in [0.3, 0.4) is 0 Å². The molecule has 0 saturated carbocycles. The molecule has 2 nitrogen and oxygen atoms in total. The van der Waals surface area contributed by atoms with Gasteiger partial charge in [0.05, 0.1) is 10.0 Å². The Hall–Kier alpha value is -1.22. The molecule has 0 aliphatic carbocycles. The van der Waals surface area contributed by atoms with Crippen LogP contribution in [0.2, 0.25) is 10.0 Å². The summed E-state index contributed by atoms with van der Waals surface area (Å²) in [6, 6.07) is 13.8. The molecule has 0 fully saturated rings. The predicted molar refractivity (Wildman–Crippen MR) is 108 cm³/mol. The second-order valence-electron chi connectivity index (χ2n) is 6.25. The third-order valence-electron chi connectivity index (χ3n) is 4.07. The van der Waals surface area contributed by atoms with E-state index in [0.29, 0.717) is 22.4 Å². The van der Waals surface area contributed by atoms with Crippen LogP contribution < -0.4 is 10.1 Å². The Morgan fingerprint density at radius 1 is 0.880 bits per heavy atom. The first-order valence-electron chi connectivity index (χ1n) is 9.06. The summed E-state index contributed by atoms with van der Waals surface area (Å²) < 4.78 is 5.80. The molecule has 0 aromatic heterocycles. The molecule has 0 radical (unpaired) electrons. The van der Waals surface area contributed by atoms with Gasteiger partial charge in [0.2, 0.25) is 0 Å². The number of hydrogen-bond acceptors (Lipinski definition) is 2. The third-order valence-corrected chi connectivity index (χ3v) is 4.63. The molecule has 1 N–H and O–H groups in total. The van der Waals surface area contributed by atoms with E-state index in [0.717, 1.165) is 24.2 Å². The zero-order valence-corrected chi connectivity index (χ0v) is 16.4. The molecule has 136 valence electrons. The van der Waals surface area contributed by atoms with Gasteiger partial charge in [-0.3, -0.25) is 0 Å². The van der Waals surface area contributed by atoms with Gasteiger partial charge in [-0.15, -0.1) is 0 Å². The van der Waals surface area contributed by atoms with Crippen molar-refractivity contribution < 1.29 is 4.74 Å². The topological polar surface area (TPSA) is 21.3 Å². The van der Waals surface area contributed by atoms with Gasteiger partial charge < -0.3 is 10.1 Å². The van der Waals surface area contributed by atoms with Gasteiger partial charge in [-0.2, -0.15) is 0 Å². The van der Waals surface area contributed by atoms with Crippen molar-refractivity contribution in [3.05, 3.63) is 63.6 Å². The Balaban J connectivity index is 1.80. The van der Waals surface area contributed by atoms with E-state index >= 15 is 0 Å². The molecule has 2 rings (SSSR count). The van der Waals surface area contributed by atoms with Crippen molar-refractivity contribution >= 4 is 23.2 Å². The fourth-order valence-corrected chi connectivity index (χ4v) is 3.31. The first-order valence-corrected chi connectivity index (χ1v) is 9.81. The largest absolute Gasteiger partial charge is 0.486 e. The maximum Gasteiger partial charge on any atom is 0.156 e. The summed E-state index contributed by atoms with van der Waals surface area (Å²) >= 11 is 12.7. The maximum absolute atomic E-state index is 6.36. The number of halogens is 2. The highest BCUT2D eigenvalue weighted by Gasteiger charge is 2.10. The highest BCUT2D eigenvalue weighted by atomic mass is 35.5.